The van der Waals surface area contributed by atoms with E-state index in [0.717, 1.165) is 61.9 Å². The molecule has 172 valence electrons. The average molecular weight is 447 g/mol. The Balaban J connectivity index is 1.36. The highest BCUT2D eigenvalue weighted by molar-refractivity contribution is 5.72. The molecule has 1 saturated heterocycles. The van der Waals surface area contributed by atoms with Crippen molar-refractivity contribution >= 4 is 29.0 Å². The van der Waals surface area contributed by atoms with Crippen LogP contribution < -0.4 is 26.2 Å². The van der Waals surface area contributed by atoms with Gasteiger partial charge in [0.25, 0.3) is 0 Å². The van der Waals surface area contributed by atoms with Gasteiger partial charge in [-0.1, -0.05) is 6.07 Å². The van der Waals surface area contributed by atoms with E-state index in [1.165, 1.54) is 12.6 Å². The van der Waals surface area contributed by atoms with E-state index in [0.29, 0.717) is 12.5 Å². The normalized spacial score (nSPS) is 13.4. The van der Waals surface area contributed by atoms with Crippen LogP contribution in [0.15, 0.2) is 54.9 Å². The number of hydrogen-bond donors (Lipinski definition) is 4. The topological polar surface area (TPSA) is 107 Å². The molecule has 3 aromatic rings. The molecular formula is C24H30N8O. The Labute approximate surface area is 194 Å². The summed E-state index contributed by atoms with van der Waals surface area (Å²) in [7, 11) is 0. The molecule has 0 spiro atoms. The van der Waals surface area contributed by atoms with Gasteiger partial charge < -0.3 is 26.2 Å². The van der Waals surface area contributed by atoms with Gasteiger partial charge in [0.2, 0.25) is 11.9 Å². The molecule has 1 aliphatic rings. The van der Waals surface area contributed by atoms with E-state index >= 15 is 0 Å². The summed E-state index contributed by atoms with van der Waals surface area (Å²) in [5.74, 6) is 1.33. The molecule has 0 aliphatic carbocycles. The first-order valence-electron chi connectivity index (χ1n) is 11.3. The van der Waals surface area contributed by atoms with Crippen molar-refractivity contribution in [3.8, 4) is 11.3 Å². The van der Waals surface area contributed by atoms with E-state index < -0.39 is 0 Å². The first kappa shape index (κ1) is 22.5. The maximum absolute atomic E-state index is 10.9. The molecule has 3 heterocycles. The summed E-state index contributed by atoms with van der Waals surface area (Å²) >= 11 is 0. The molecule has 4 rings (SSSR count). The Morgan fingerprint density at radius 1 is 1.09 bits per heavy atom. The van der Waals surface area contributed by atoms with Crippen molar-refractivity contribution in [2.24, 2.45) is 0 Å². The Bertz CT molecular complexity index is 1050. The zero-order valence-corrected chi connectivity index (χ0v) is 18.8. The van der Waals surface area contributed by atoms with Gasteiger partial charge in [0.1, 0.15) is 5.82 Å². The highest BCUT2D eigenvalue weighted by Gasteiger charge is 2.11. The number of nitrogens with one attached hydrogen (secondary N) is 4. The average Bonchev–Trinajstić information content (AvgIpc) is 2.85. The minimum atomic E-state index is -0.0107. The van der Waals surface area contributed by atoms with Crippen LogP contribution >= 0.6 is 0 Å². The molecule has 9 nitrogen and oxygen atoms in total. The van der Waals surface area contributed by atoms with Crippen LogP contribution in [0.3, 0.4) is 0 Å². The van der Waals surface area contributed by atoms with Gasteiger partial charge in [-0.05, 0) is 42.8 Å². The zero-order chi connectivity index (χ0) is 22.9. The van der Waals surface area contributed by atoms with E-state index in [1.54, 1.807) is 12.4 Å². The van der Waals surface area contributed by atoms with Gasteiger partial charge in [-0.15, -0.1) is 0 Å². The fourth-order valence-corrected chi connectivity index (χ4v) is 3.63. The number of anilines is 4. The Hall–Kier alpha value is -3.72. The largest absolute Gasteiger partial charge is 0.370 e. The predicted molar refractivity (Wildman–Crippen MR) is 132 cm³/mol. The van der Waals surface area contributed by atoms with Gasteiger partial charge in [0.05, 0.1) is 5.69 Å². The smallest absolute Gasteiger partial charge is 0.227 e. The molecule has 0 unspecified atom stereocenters. The molecular weight excluding hydrogens is 416 g/mol. The van der Waals surface area contributed by atoms with E-state index in [2.05, 4.69) is 59.3 Å². The lowest BCUT2D eigenvalue weighted by molar-refractivity contribution is -0.118. The molecule has 0 saturated carbocycles. The number of carbonyl (C=O) groups is 1. The number of piperazine rings is 1. The van der Waals surface area contributed by atoms with E-state index in [1.807, 2.05) is 24.3 Å². The number of amides is 1. The first-order valence-corrected chi connectivity index (χ1v) is 11.3. The second-order valence-corrected chi connectivity index (χ2v) is 7.87. The van der Waals surface area contributed by atoms with Crippen LogP contribution in [0.1, 0.15) is 13.3 Å². The highest BCUT2D eigenvalue weighted by Crippen LogP contribution is 2.23. The number of aromatic nitrogens is 3. The standard InChI is InChI=1S/C24H30N8O/c1-18(33)26-9-3-10-27-23-7-6-19(17-29-23)22-8-11-28-24(31-22)30-20-4-2-5-21(16-20)32-14-12-25-13-15-32/h2,4-8,11,16-17,25H,3,9-10,12-15H2,1H3,(H,26,33)(H,27,29)(H,28,30,31). The number of rotatable bonds is 9. The lowest BCUT2D eigenvalue weighted by Gasteiger charge is -2.29. The number of carbonyl (C=O) groups excluding carboxylic acids is 1. The summed E-state index contributed by atoms with van der Waals surface area (Å²) in [5, 5.41) is 12.7. The van der Waals surface area contributed by atoms with Crippen molar-refractivity contribution in [1.29, 1.82) is 0 Å². The van der Waals surface area contributed by atoms with Crippen molar-refractivity contribution < 1.29 is 4.79 Å². The molecule has 2 aromatic heterocycles. The number of hydrogen-bond acceptors (Lipinski definition) is 8. The maximum atomic E-state index is 10.9. The second kappa shape index (κ2) is 11.2. The SMILES string of the molecule is CC(=O)NCCCNc1ccc(-c2ccnc(Nc3cccc(N4CCNCC4)c3)n2)cn1. The Morgan fingerprint density at radius 2 is 1.97 bits per heavy atom. The summed E-state index contributed by atoms with van der Waals surface area (Å²) in [6, 6.07) is 14.1. The summed E-state index contributed by atoms with van der Waals surface area (Å²) in [5.41, 5.74) is 3.87. The van der Waals surface area contributed by atoms with Crippen LogP contribution in [0.5, 0.6) is 0 Å². The van der Waals surface area contributed by atoms with Gasteiger partial charge in [-0.3, -0.25) is 4.79 Å². The van der Waals surface area contributed by atoms with Crippen molar-refractivity contribution in [2.45, 2.75) is 13.3 Å². The molecule has 1 aromatic carbocycles. The van der Waals surface area contributed by atoms with Gasteiger partial charge >= 0.3 is 0 Å². The summed E-state index contributed by atoms with van der Waals surface area (Å²) in [6.07, 6.45) is 4.38. The van der Waals surface area contributed by atoms with Crippen molar-refractivity contribution in [1.82, 2.24) is 25.6 Å². The van der Waals surface area contributed by atoms with Crippen LogP contribution in [0.2, 0.25) is 0 Å². The third-order valence-electron chi connectivity index (χ3n) is 5.33. The van der Waals surface area contributed by atoms with Crippen molar-refractivity contribution in [3.05, 3.63) is 54.9 Å². The third kappa shape index (κ3) is 6.63. The molecule has 4 N–H and O–H groups in total. The van der Waals surface area contributed by atoms with E-state index in [-0.39, 0.29) is 5.91 Å². The molecule has 1 aliphatic heterocycles. The molecule has 0 bridgehead atoms. The summed E-state index contributed by atoms with van der Waals surface area (Å²) in [6.45, 7) is 6.92. The van der Waals surface area contributed by atoms with E-state index in [9.17, 15) is 4.79 Å². The van der Waals surface area contributed by atoms with Crippen LogP contribution in [0, 0.1) is 0 Å². The molecule has 1 fully saturated rings. The van der Waals surface area contributed by atoms with Gasteiger partial charge in [-0.2, -0.15) is 0 Å². The second-order valence-electron chi connectivity index (χ2n) is 7.87. The Kier molecular flexibility index (Phi) is 7.65. The molecule has 33 heavy (non-hydrogen) atoms. The number of pyridine rings is 1. The lowest BCUT2D eigenvalue weighted by atomic mass is 10.2. The van der Waals surface area contributed by atoms with Crippen LogP contribution in [-0.2, 0) is 4.79 Å². The fourth-order valence-electron chi connectivity index (χ4n) is 3.63. The van der Waals surface area contributed by atoms with Crippen molar-refractivity contribution in [2.75, 3.05) is 54.8 Å². The van der Waals surface area contributed by atoms with E-state index in [4.69, 9.17) is 0 Å². The van der Waals surface area contributed by atoms with Gasteiger partial charge in [-0.25, -0.2) is 15.0 Å². The third-order valence-corrected chi connectivity index (χ3v) is 5.33. The van der Waals surface area contributed by atoms with Gasteiger partial charge in [0, 0.05) is 75.5 Å². The molecule has 9 heteroatoms. The van der Waals surface area contributed by atoms with Gasteiger partial charge in [0.15, 0.2) is 0 Å². The number of nitrogens with zero attached hydrogens (tertiary/aromatic N) is 4. The monoisotopic (exact) mass is 446 g/mol. The van der Waals surface area contributed by atoms with Crippen LogP contribution in [-0.4, -0.2) is 60.1 Å². The maximum Gasteiger partial charge on any atom is 0.227 e. The Morgan fingerprint density at radius 3 is 2.76 bits per heavy atom. The quantitative estimate of drug-likeness (QED) is 0.372. The minimum absolute atomic E-state index is 0.0107. The zero-order valence-electron chi connectivity index (χ0n) is 18.8. The predicted octanol–water partition coefficient (Wildman–Crippen LogP) is 2.63. The first-order chi connectivity index (χ1) is 16.2. The minimum Gasteiger partial charge on any atom is -0.370 e. The molecule has 0 atom stereocenters. The van der Waals surface area contributed by atoms with Crippen molar-refractivity contribution in [3.63, 3.8) is 0 Å². The molecule has 0 radical (unpaired) electrons. The van der Waals surface area contributed by atoms with Crippen LogP contribution in [0.25, 0.3) is 11.3 Å². The summed E-state index contributed by atoms with van der Waals surface area (Å²) in [4.78, 5) is 26.8. The van der Waals surface area contributed by atoms with Crippen LogP contribution in [0.4, 0.5) is 23.1 Å². The summed E-state index contributed by atoms with van der Waals surface area (Å²) < 4.78 is 0. The number of benzene rings is 1. The lowest BCUT2D eigenvalue weighted by Crippen LogP contribution is -2.43. The highest BCUT2D eigenvalue weighted by atomic mass is 16.1. The molecule has 1 amide bonds. The fraction of sp³-hybridized carbons (Fsp3) is 0.333.